The molecule has 2 aromatic carbocycles. The van der Waals surface area contributed by atoms with Gasteiger partial charge in [0.25, 0.3) is 5.24 Å². The summed E-state index contributed by atoms with van der Waals surface area (Å²) in [6.45, 7) is 3.09. The predicted molar refractivity (Wildman–Crippen MR) is 109 cm³/mol. The fourth-order valence-electron chi connectivity index (χ4n) is 3.09. The second-order valence-corrected chi connectivity index (χ2v) is 7.50. The van der Waals surface area contributed by atoms with Crippen LogP contribution in [0, 0.1) is 6.92 Å². The first-order chi connectivity index (χ1) is 13.1. The summed E-state index contributed by atoms with van der Waals surface area (Å²) in [5.41, 5.74) is 5.24. The van der Waals surface area contributed by atoms with Gasteiger partial charge in [0.05, 0.1) is 17.8 Å². The van der Waals surface area contributed by atoms with Crippen molar-refractivity contribution in [3.05, 3.63) is 71.4 Å². The normalized spacial score (nSPS) is 14.2. The summed E-state index contributed by atoms with van der Waals surface area (Å²) in [6, 6.07) is 16.4. The van der Waals surface area contributed by atoms with Crippen molar-refractivity contribution in [1.29, 1.82) is 0 Å². The standard InChI is InChI=1S/C21H19N3O2S/c1-14-4-2-3-5-18(14)22-10-15-6-7-17-8-16(11-23-19(17)9-15)12-24-20(25)13-27-21(24)26/h2-9,11,22H,10,12-13H2,1H3. The highest BCUT2D eigenvalue weighted by atomic mass is 32.2. The molecule has 2 heterocycles. The van der Waals surface area contributed by atoms with Gasteiger partial charge in [-0.25, -0.2) is 0 Å². The van der Waals surface area contributed by atoms with E-state index in [1.54, 1.807) is 6.20 Å². The first kappa shape index (κ1) is 17.5. The van der Waals surface area contributed by atoms with Crippen LogP contribution in [0.1, 0.15) is 16.7 Å². The molecule has 1 aliphatic rings. The van der Waals surface area contributed by atoms with Gasteiger partial charge in [-0.15, -0.1) is 0 Å². The number of aryl methyl sites for hydroxylation is 1. The van der Waals surface area contributed by atoms with Crippen molar-refractivity contribution in [2.45, 2.75) is 20.0 Å². The number of carbonyl (C=O) groups is 2. The number of rotatable bonds is 5. The molecule has 6 heteroatoms. The molecule has 1 aromatic heterocycles. The third kappa shape index (κ3) is 3.80. The van der Waals surface area contributed by atoms with E-state index in [4.69, 9.17) is 0 Å². The lowest BCUT2D eigenvalue weighted by atomic mass is 10.1. The highest BCUT2D eigenvalue weighted by Crippen LogP contribution is 2.23. The van der Waals surface area contributed by atoms with Crippen molar-refractivity contribution in [3.63, 3.8) is 0 Å². The third-order valence-corrected chi connectivity index (χ3v) is 5.47. The molecule has 0 saturated carbocycles. The van der Waals surface area contributed by atoms with Crippen LogP contribution < -0.4 is 5.32 Å². The fourth-order valence-corrected chi connectivity index (χ4v) is 3.82. The number of pyridine rings is 1. The van der Waals surface area contributed by atoms with Crippen molar-refractivity contribution in [1.82, 2.24) is 9.88 Å². The summed E-state index contributed by atoms with van der Waals surface area (Å²) < 4.78 is 0. The largest absolute Gasteiger partial charge is 0.381 e. The number of nitrogens with one attached hydrogen (secondary N) is 1. The van der Waals surface area contributed by atoms with Crippen LogP contribution in [-0.2, 0) is 17.9 Å². The summed E-state index contributed by atoms with van der Waals surface area (Å²) in [6.07, 6.45) is 1.74. The minimum Gasteiger partial charge on any atom is -0.381 e. The summed E-state index contributed by atoms with van der Waals surface area (Å²) in [7, 11) is 0. The molecular weight excluding hydrogens is 358 g/mol. The van der Waals surface area contributed by atoms with E-state index in [2.05, 4.69) is 41.5 Å². The minimum atomic E-state index is -0.183. The van der Waals surface area contributed by atoms with Crippen molar-refractivity contribution in [2.75, 3.05) is 11.1 Å². The number of benzene rings is 2. The van der Waals surface area contributed by atoms with Gasteiger partial charge < -0.3 is 5.32 Å². The maximum Gasteiger partial charge on any atom is 0.289 e. The van der Waals surface area contributed by atoms with Gasteiger partial charge in [0.2, 0.25) is 5.91 Å². The van der Waals surface area contributed by atoms with E-state index in [1.807, 2.05) is 24.3 Å². The Labute approximate surface area is 161 Å². The molecule has 2 amide bonds. The molecular formula is C21H19N3O2S. The lowest BCUT2D eigenvalue weighted by Gasteiger charge is -2.13. The average molecular weight is 377 g/mol. The van der Waals surface area contributed by atoms with Crippen LogP contribution in [0.4, 0.5) is 10.5 Å². The molecule has 3 aromatic rings. The van der Waals surface area contributed by atoms with Crippen LogP contribution in [0.5, 0.6) is 0 Å². The molecule has 0 bridgehead atoms. The first-order valence-electron chi connectivity index (χ1n) is 8.74. The number of para-hydroxylation sites is 1. The second kappa shape index (κ2) is 7.40. The molecule has 1 N–H and O–H groups in total. The lowest BCUT2D eigenvalue weighted by molar-refractivity contribution is -0.125. The summed E-state index contributed by atoms with van der Waals surface area (Å²) in [4.78, 5) is 29.3. The van der Waals surface area contributed by atoms with E-state index in [0.29, 0.717) is 0 Å². The molecule has 27 heavy (non-hydrogen) atoms. The Hall–Kier alpha value is -2.86. The van der Waals surface area contributed by atoms with Crippen LogP contribution in [0.25, 0.3) is 10.9 Å². The first-order valence-corrected chi connectivity index (χ1v) is 9.73. The number of carbonyl (C=O) groups excluding carboxylic acids is 2. The zero-order chi connectivity index (χ0) is 18.8. The maximum absolute atomic E-state index is 11.8. The number of nitrogens with zero attached hydrogens (tertiary/aromatic N) is 2. The van der Waals surface area contributed by atoms with Gasteiger partial charge in [-0.2, -0.15) is 0 Å². The van der Waals surface area contributed by atoms with E-state index in [0.717, 1.165) is 46.0 Å². The maximum atomic E-state index is 11.8. The summed E-state index contributed by atoms with van der Waals surface area (Å²) in [5, 5.41) is 4.27. The average Bonchev–Trinajstić information content (AvgIpc) is 2.99. The Morgan fingerprint density at radius 1 is 1.11 bits per heavy atom. The van der Waals surface area contributed by atoms with Crippen LogP contribution in [0.2, 0.25) is 0 Å². The Kier molecular flexibility index (Phi) is 4.81. The fraction of sp³-hybridized carbons (Fsp3) is 0.190. The summed E-state index contributed by atoms with van der Waals surface area (Å²) >= 11 is 1.05. The molecule has 0 unspecified atom stereocenters. The topological polar surface area (TPSA) is 62.3 Å². The van der Waals surface area contributed by atoms with E-state index in [9.17, 15) is 9.59 Å². The Morgan fingerprint density at radius 3 is 2.74 bits per heavy atom. The van der Waals surface area contributed by atoms with Crippen LogP contribution in [0.3, 0.4) is 0 Å². The molecule has 1 saturated heterocycles. The molecule has 136 valence electrons. The number of aromatic nitrogens is 1. The molecule has 4 rings (SSSR count). The molecule has 1 fully saturated rings. The van der Waals surface area contributed by atoms with E-state index < -0.39 is 0 Å². The van der Waals surface area contributed by atoms with Crippen LogP contribution in [0.15, 0.2) is 54.7 Å². The zero-order valence-corrected chi connectivity index (χ0v) is 15.8. The highest BCUT2D eigenvalue weighted by Gasteiger charge is 2.29. The predicted octanol–water partition coefficient (Wildman–Crippen LogP) is 4.35. The smallest absolute Gasteiger partial charge is 0.289 e. The summed E-state index contributed by atoms with van der Waals surface area (Å²) in [5.74, 6) is 0.0969. The monoisotopic (exact) mass is 377 g/mol. The highest BCUT2D eigenvalue weighted by molar-refractivity contribution is 8.14. The van der Waals surface area contributed by atoms with Gasteiger partial charge in [0, 0.05) is 23.8 Å². The van der Waals surface area contributed by atoms with Crippen molar-refractivity contribution in [2.24, 2.45) is 0 Å². The second-order valence-electron chi connectivity index (χ2n) is 6.57. The quantitative estimate of drug-likeness (QED) is 0.716. The van der Waals surface area contributed by atoms with Crippen molar-refractivity contribution < 1.29 is 9.59 Å². The molecule has 0 atom stereocenters. The number of amides is 2. The lowest BCUT2D eigenvalue weighted by Crippen LogP contribution is -2.27. The number of imide groups is 1. The number of thioether (sulfide) groups is 1. The molecule has 1 aliphatic heterocycles. The molecule has 0 aliphatic carbocycles. The third-order valence-electron chi connectivity index (χ3n) is 4.61. The van der Waals surface area contributed by atoms with Crippen molar-refractivity contribution >= 4 is 39.5 Å². The zero-order valence-electron chi connectivity index (χ0n) is 14.9. The number of anilines is 1. The number of fused-ring (bicyclic) bond motifs is 1. The van der Waals surface area contributed by atoms with E-state index in [1.165, 1.54) is 10.5 Å². The molecule has 0 spiro atoms. The SMILES string of the molecule is Cc1ccccc1NCc1ccc2cc(CN3C(=O)CSC3=O)cnc2c1. The molecule has 5 nitrogen and oxygen atoms in total. The Balaban J connectivity index is 1.49. The van der Waals surface area contributed by atoms with Crippen molar-refractivity contribution in [3.8, 4) is 0 Å². The minimum absolute atomic E-state index is 0.136. The van der Waals surface area contributed by atoms with Gasteiger partial charge >= 0.3 is 0 Å². The van der Waals surface area contributed by atoms with Gasteiger partial charge in [-0.1, -0.05) is 42.1 Å². The Bertz CT molecular complexity index is 1020. The van der Waals surface area contributed by atoms with Gasteiger partial charge in [0.1, 0.15) is 0 Å². The van der Waals surface area contributed by atoms with Gasteiger partial charge in [0.15, 0.2) is 0 Å². The van der Waals surface area contributed by atoms with E-state index in [-0.39, 0.29) is 23.4 Å². The van der Waals surface area contributed by atoms with E-state index >= 15 is 0 Å². The number of hydrogen-bond donors (Lipinski definition) is 1. The van der Waals surface area contributed by atoms with Crippen LogP contribution >= 0.6 is 11.8 Å². The Morgan fingerprint density at radius 2 is 1.96 bits per heavy atom. The molecule has 0 radical (unpaired) electrons. The van der Waals surface area contributed by atoms with Crippen LogP contribution in [-0.4, -0.2) is 26.8 Å². The van der Waals surface area contributed by atoms with Gasteiger partial charge in [-0.05, 0) is 41.8 Å². The van der Waals surface area contributed by atoms with Gasteiger partial charge in [-0.3, -0.25) is 19.5 Å². The number of hydrogen-bond acceptors (Lipinski definition) is 5.